The van der Waals surface area contributed by atoms with Crippen LogP contribution in [0, 0.1) is 0 Å². The molecule has 1 saturated heterocycles. The lowest BCUT2D eigenvalue weighted by molar-refractivity contribution is -0.140. The first-order valence-electron chi connectivity index (χ1n) is 10.1. The predicted molar refractivity (Wildman–Crippen MR) is 120 cm³/mol. The topological polar surface area (TPSA) is 88.5 Å². The summed E-state index contributed by atoms with van der Waals surface area (Å²) in [5.74, 6) is -0.450. The van der Waals surface area contributed by atoms with Crippen LogP contribution in [0.15, 0.2) is 48.0 Å². The number of methoxy groups -OCH3 is 3. The largest absolute Gasteiger partial charge is 0.507 e. The van der Waals surface area contributed by atoms with Gasteiger partial charge in [-0.25, -0.2) is 0 Å². The second-order valence-electron chi connectivity index (χ2n) is 7.62. The van der Waals surface area contributed by atoms with E-state index in [0.29, 0.717) is 41.5 Å². The highest BCUT2D eigenvalue weighted by Gasteiger charge is 2.46. The molecule has 1 atom stereocenters. The number of amides is 1. The van der Waals surface area contributed by atoms with Gasteiger partial charge in [-0.2, -0.15) is 0 Å². The van der Waals surface area contributed by atoms with Crippen molar-refractivity contribution in [3.8, 4) is 17.2 Å². The quantitative estimate of drug-likeness (QED) is 0.384. The highest BCUT2D eigenvalue weighted by molar-refractivity contribution is 6.46. The van der Waals surface area contributed by atoms with Crippen LogP contribution in [-0.4, -0.2) is 75.1 Å². The predicted octanol–water partition coefficient (Wildman–Crippen LogP) is 2.70. The zero-order valence-corrected chi connectivity index (χ0v) is 18.9. The van der Waals surface area contributed by atoms with Crippen LogP contribution in [0.25, 0.3) is 5.76 Å². The number of ether oxygens (including phenoxy) is 3. The lowest BCUT2D eigenvalue weighted by Crippen LogP contribution is -2.35. The number of Topliss-reactive ketones (excluding diaryl/α,β-unsaturated/α-hetero) is 1. The van der Waals surface area contributed by atoms with Gasteiger partial charge in [0.2, 0.25) is 5.75 Å². The summed E-state index contributed by atoms with van der Waals surface area (Å²) in [6.07, 6.45) is 0. The van der Waals surface area contributed by atoms with E-state index < -0.39 is 17.7 Å². The van der Waals surface area contributed by atoms with Crippen LogP contribution in [0.3, 0.4) is 0 Å². The van der Waals surface area contributed by atoms with E-state index in [-0.39, 0.29) is 11.3 Å². The number of aliphatic hydroxyl groups excluding tert-OH is 1. The van der Waals surface area contributed by atoms with Crippen molar-refractivity contribution in [1.82, 2.24) is 9.80 Å². The molecule has 32 heavy (non-hydrogen) atoms. The summed E-state index contributed by atoms with van der Waals surface area (Å²) in [6, 6.07) is 11.3. The molecule has 170 valence electrons. The summed E-state index contributed by atoms with van der Waals surface area (Å²) in [5, 5.41) is 11.1. The Hall–Kier alpha value is -3.52. The molecule has 1 aliphatic heterocycles. The Morgan fingerprint density at radius 2 is 1.59 bits per heavy atom. The smallest absolute Gasteiger partial charge is 0.295 e. The highest BCUT2D eigenvalue weighted by atomic mass is 16.5. The Balaban J connectivity index is 2.24. The third-order valence-corrected chi connectivity index (χ3v) is 5.38. The van der Waals surface area contributed by atoms with Gasteiger partial charge in [0.25, 0.3) is 11.7 Å². The van der Waals surface area contributed by atoms with Crippen molar-refractivity contribution in [2.45, 2.75) is 6.04 Å². The van der Waals surface area contributed by atoms with Crippen molar-refractivity contribution >= 4 is 17.4 Å². The fourth-order valence-corrected chi connectivity index (χ4v) is 3.78. The molecule has 2 aromatic carbocycles. The zero-order chi connectivity index (χ0) is 23.4. The van der Waals surface area contributed by atoms with E-state index in [4.69, 9.17) is 14.2 Å². The van der Waals surface area contributed by atoms with Crippen LogP contribution in [0.4, 0.5) is 0 Å². The lowest BCUT2D eigenvalue weighted by atomic mass is 9.94. The third kappa shape index (κ3) is 4.27. The molecule has 1 fully saturated rings. The first-order chi connectivity index (χ1) is 15.3. The van der Waals surface area contributed by atoms with Crippen LogP contribution >= 0.6 is 0 Å². The number of hydrogen-bond donors (Lipinski definition) is 1. The molecule has 1 aliphatic rings. The average Bonchev–Trinajstić information content (AvgIpc) is 3.06. The van der Waals surface area contributed by atoms with Crippen molar-refractivity contribution in [2.75, 3.05) is 48.5 Å². The standard InChI is InChI=1S/C24H28N2O6/c1-25(2)11-12-26-20(16-13-17(30-3)23(32-5)18(14-16)31-4)19(22(28)24(26)29)21(27)15-9-7-6-8-10-15/h6-10,13-14,20,27H,11-12H2,1-5H3/b21-19+/t20-/m1/s1. The molecule has 8 nitrogen and oxygen atoms in total. The van der Waals surface area contributed by atoms with Gasteiger partial charge in [0.15, 0.2) is 11.5 Å². The molecule has 0 aliphatic carbocycles. The van der Waals surface area contributed by atoms with Gasteiger partial charge in [-0.1, -0.05) is 30.3 Å². The second kappa shape index (κ2) is 9.74. The number of rotatable bonds is 8. The van der Waals surface area contributed by atoms with Crippen molar-refractivity contribution in [1.29, 1.82) is 0 Å². The maximum absolute atomic E-state index is 13.1. The number of carbonyl (C=O) groups is 2. The Bertz CT molecular complexity index is 1010. The van der Waals surface area contributed by atoms with Gasteiger partial charge < -0.3 is 29.1 Å². The van der Waals surface area contributed by atoms with E-state index in [0.717, 1.165) is 0 Å². The van der Waals surface area contributed by atoms with E-state index in [1.165, 1.54) is 26.2 Å². The number of aliphatic hydroxyl groups is 1. The van der Waals surface area contributed by atoms with Crippen LogP contribution < -0.4 is 14.2 Å². The van der Waals surface area contributed by atoms with Gasteiger partial charge in [0, 0.05) is 18.7 Å². The maximum atomic E-state index is 13.1. The lowest BCUT2D eigenvalue weighted by Gasteiger charge is -2.27. The molecule has 0 radical (unpaired) electrons. The third-order valence-electron chi connectivity index (χ3n) is 5.38. The highest BCUT2D eigenvalue weighted by Crippen LogP contribution is 2.45. The van der Waals surface area contributed by atoms with Crippen molar-refractivity contribution < 1.29 is 28.9 Å². The molecule has 0 bridgehead atoms. The minimum atomic E-state index is -0.816. The van der Waals surface area contributed by atoms with E-state index in [2.05, 4.69) is 0 Å². The minimum absolute atomic E-state index is 0.0224. The fraction of sp³-hybridized carbons (Fsp3) is 0.333. The van der Waals surface area contributed by atoms with Crippen LogP contribution in [0.1, 0.15) is 17.2 Å². The van der Waals surface area contributed by atoms with E-state index in [1.54, 1.807) is 36.4 Å². The average molecular weight is 440 g/mol. The number of benzene rings is 2. The summed E-state index contributed by atoms with van der Waals surface area (Å²) in [6.45, 7) is 0.837. The second-order valence-corrected chi connectivity index (χ2v) is 7.62. The van der Waals surface area contributed by atoms with Gasteiger partial charge in [-0.3, -0.25) is 9.59 Å². The number of likely N-dealkylation sites (N-methyl/N-ethyl adjacent to an activating group) is 1. The Morgan fingerprint density at radius 3 is 2.09 bits per heavy atom. The van der Waals surface area contributed by atoms with Crippen LogP contribution in [-0.2, 0) is 9.59 Å². The molecule has 0 unspecified atom stereocenters. The SMILES string of the molecule is COc1cc([C@@H]2/C(=C(\O)c3ccccc3)C(=O)C(=O)N2CCN(C)C)cc(OC)c1OC. The Labute approximate surface area is 187 Å². The van der Waals surface area contributed by atoms with Crippen LogP contribution in [0.5, 0.6) is 17.2 Å². The summed E-state index contributed by atoms with van der Waals surface area (Å²) in [7, 11) is 8.25. The van der Waals surface area contributed by atoms with E-state index in [9.17, 15) is 14.7 Å². The molecular formula is C24H28N2O6. The van der Waals surface area contributed by atoms with Gasteiger partial charge in [0.1, 0.15) is 5.76 Å². The minimum Gasteiger partial charge on any atom is -0.507 e. The molecule has 8 heteroatoms. The van der Waals surface area contributed by atoms with Crippen LogP contribution in [0.2, 0.25) is 0 Å². The summed E-state index contributed by atoms with van der Waals surface area (Å²) < 4.78 is 16.3. The van der Waals surface area contributed by atoms with E-state index >= 15 is 0 Å². The monoisotopic (exact) mass is 440 g/mol. The first kappa shape index (κ1) is 23.1. The maximum Gasteiger partial charge on any atom is 0.295 e. The molecule has 0 saturated carbocycles. The number of carbonyl (C=O) groups excluding carboxylic acids is 2. The van der Waals surface area contributed by atoms with Crippen molar-refractivity contribution in [2.24, 2.45) is 0 Å². The molecule has 3 rings (SSSR count). The van der Waals surface area contributed by atoms with Gasteiger partial charge in [-0.15, -0.1) is 0 Å². The zero-order valence-electron chi connectivity index (χ0n) is 18.9. The van der Waals surface area contributed by atoms with Crippen molar-refractivity contribution in [3.63, 3.8) is 0 Å². The number of hydrogen-bond acceptors (Lipinski definition) is 7. The molecule has 2 aromatic rings. The molecule has 0 aromatic heterocycles. The normalized spacial score (nSPS) is 17.7. The van der Waals surface area contributed by atoms with Gasteiger partial charge >= 0.3 is 0 Å². The fourth-order valence-electron chi connectivity index (χ4n) is 3.78. The number of likely N-dealkylation sites (tertiary alicyclic amines) is 1. The Morgan fingerprint density at radius 1 is 1.00 bits per heavy atom. The number of ketones is 1. The summed E-state index contributed by atoms with van der Waals surface area (Å²) >= 11 is 0. The molecule has 1 heterocycles. The van der Waals surface area contributed by atoms with E-state index in [1.807, 2.05) is 25.1 Å². The number of nitrogens with zero attached hydrogens (tertiary/aromatic N) is 2. The van der Waals surface area contributed by atoms with Gasteiger partial charge in [0.05, 0.1) is 32.9 Å². The molecular weight excluding hydrogens is 412 g/mol. The first-order valence-corrected chi connectivity index (χ1v) is 10.1. The van der Waals surface area contributed by atoms with Gasteiger partial charge in [-0.05, 0) is 31.8 Å². The van der Waals surface area contributed by atoms with Crippen molar-refractivity contribution in [3.05, 3.63) is 59.2 Å². The Kier molecular flexibility index (Phi) is 7.05. The molecule has 1 N–H and O–H groups in total. The molecule has 0 spiro atoms. The molecule has 1 amide bonds. The summed E-state index contributed by atoms with van der Waals surface area (Å²) in [5.41, 5.74) is 1.04. The summed E-state index contributed by atoms with van der Waals surface area (Å²) in [4.78, 5) is 29.5.